The van der Waals surface area contributed by atoms with E-state index >= 15 is 0 Å². The molecule has 1 nitrogen and oxygen atoms in total. The highest BCUT2D eigenvalue weighted by Crippen LogP contribution is 2.14. The van der Waals surface area contributed by atoms with Crippen LogP contribution in [0.4, 0.5) is 8.78 Å². The molecular weight excluding hydrogens is 150 g/mol. The Morgan fingerprint density at radius 2 is 1.91 bits per heavy atom. The first-order valence-corrected chi connectivity index (χ1v) is 3.09. The average Bonchev–Trinajstić information content (AvgIpc) is 1.94. The summed E-state index contributed by atoms with van der Waals surface area (Å²) in [6.45, 7) is 1.41. The van der Waals surface area contributed by atoms with Crippen molar-refractivity contribution in [3.05, 3.63) is 41.5 Å². The Labute approximate surface area is 63.3 Å². The molecule has 0 aliphatic carbocycles. The zero-order valence-corrected chi connectivity index (χ0v) is 5.94. The second-order valence-corrected chi connectivity index (χ2v) is 2.21. The smallest absolute Gasteiger partial charge is 0.159 e. The molecule has 0 atom stereocenters. The average molecular weight is 157 g/mol. The van der Waals surface area contributed by atoms with Crippen LogP contribution in [-0.2, 0) is 0 Å². The molecule has 59 valence electrons. The highest BCUT2D eigenvalue weighted by atomic mass is 19.2. The molecule has 0 aromatic heterocycles. The van der Waals surface area contributed by atoms with Crippen LogP contribution >= 0.6 is 0 Å². The van der Waals surface area contributed by atoms with E-state index in [9.17, 15) is 8.78 Å². The summed E-state index contributed by atoms with van der Waals surface area (Å²) in [6.07, 6.45) is -0.0242. The maximum atomic E-state index is 12.4. The molecule has 1 aromatic carbocycles. The van der Waals surface area contributed by atoms with Gasteiger partial charge in [-0.15, -0.1) is 0 Å². The van der Waals surface area contributed by atoms with Crippen LogP contribution in [0.3, 0.4) is 0 Å². The standard InChI is InChI=1S/C8H7F2O/c1-5(11)6-2-3-7(9)8(10)4-6/h2-4,11H,1H3. The van der Waals surface area contributed by atoms with Crippen molar-refractivity contribution in [2.45, 2.75) is 6.92 Å². The molecule has 0 fully saturated rings. The Hall–Kier alpha value is -0.960. The lowest BCUT2D eigenvalue weighted by Gasteiger charge is -2.02. The van der Waals surface area contributed by atoms with Gasteiger partial charge in [-0.05, 0) is 24.6 Å². The van der Waals surface area contributed by atoms with E-state index in [1.165, 1.54) is 13.0 Å². The first-order chi connectivity index (χ1) is 5.11. The molecule has 1 aromatic rings. The summed E-state index contributed by atoms with van der Waals surface area (Å²) in [4.78, 5) is 0. The highest BCUT2D eigenvalue weighted by molar-refractivity contribution is 5.26. The van der Waals surface area contributed by atoms with Crippen molar-refractivity contribution in [3.63, 3.8) is 0 Å². The second kappa shape index (κ2) is 2.96. The fourth-order valence-corrected chi connectivity index (χ4v) is 0.721. The molecule has 1 rings (SSSR count). The summed E-state index contributed by atoms with van der Waals surface area (Å²) >= 11 is 0. The molecule has 0 spiro atoms. The minimum atomic E-state index is -0.948. The summed E-state index contributed by atoms with van der Waals surface area (Å²) in [7, 11) is 0. The fourth-order valence-electron chi connectivity index (χ4n) is 0.721. The van der Waals surface area contributed by atoms with Gasteiger partial charge in [0.05, 0.1) is 0 Å². The van der Waals surface area contributed by atoms with Crippen molar-refractivity contribution < 1.29 is 13.9 Å². The third-order valence-corrected chi connectivity index (χ3v) is 1.34. The Bertz CT molecular complexity index is 258. The molecule has 0 amide bonds. The lowest BCUT2D eigenvalue weighted by Crippen LogP contribution is -1.94. The first-order valence-electron chi connectivity index (χ1n) is 3.09. The number of aliphatic hydroxyl groups excluding tert-OH is 1. The van der Waals surface area contributed by atoms with Gasteiger partial charge in [-0.3, -0.25) is 0 Å². The van der Waals surface area contributed by atoms with E-state index in [0.29, 0.717) is 5.56 Å². The van der Waals surface area contributed by atoms with Crippen LogP contribution in [0.15, 0.2) is 18.2 Å². The molecule has 1 N–H and O–H groups in total. The molecule has 11 heavy (non-hydrogen) atoms. The van der Waals surface area contributed by atoms with Gasteiger partial charge in [0.2, 0.25) is 0 Å². The minimum absolute atomic E-state index is 0.0242. The number of rotatable bonds is 1. The topological polar surface area (TPSA) is 20.2 Å². The van der Waals surface area contributed by atoms with E-state index in [-0.39, 0.29) is 6.10 Å². The van der Waals surface area contributed by atoms with Crippen molar-refractivity contribution in [2.75, 3.05) is 0 Å². The van der Waals surface area contributed by atoms with Crippen LogP contribution in [0.5, 0.6) is 0 Å². The SMILES string of the molecule is C[C](O)c1ccc(F)c(F)c1. The summed E-state index contributed by atoms with van der Waals surface area (Å²) in [5, 5.41) is 8.87. The maximum Gasteiger partial charge on any atom is 0.159 e. The molecule has 0 heterocycles. The number of halogens is 2. The molecule has 0 saturated carbocycles. The molecule has 3 heteroatoms. The maximum absolute atomic E-state index is 12.4. The Morgan fingerprint density at radius 3 is 2.36 bits per heavy atom. The molecule has 1 radical (unpaired) electrons. The van der Waals surface area contributed by atoms with E-state index in [0.717, 1.165) is 12.1 Å². The van der Waals surface area contributed by atoms with Gasteiger partial charge in [0.25, 0.3) is 0 Å². The number of benzene rings is 1. The monoisotopic (exact) mass is 157 g/mol. The Balaban J connectivity index is 3.05. The zero-order chi connectivity index (χ0) is 8.43. The number of hydrogen-bond acceptors (Lipinski definition) is 1. The van der Waals surface area contributed by atoms with E-state index in [1.54, 1.807) is 0 Å². The van der Waals surface area contributed by atoms with Crippen LogP contribution in [0.2, 0.25) is 0 Å². The highest BCUT2D eigenvalue weighted by Gasteiger charge is 2.06. The number of hydrogen-bond donors (Lipinski definition) is 1. The van der Waals surface area contributed by atoms with E-state index in [2.05, 4.69) is 0 Å². The molecule has 0 unspecified atom stereocenters. The normalized spacial score (nSPS) is 10.6. The van der Waals surface area contributed by atoms with E-state index < -0.39 is 11.6 Å². The Kier molecular flexibility index (Phi) is 2.19. The van der Waals surface area contributed by atoms with Crippen LogP contribution in [-0.4, -0.2) is 5.11 Å². The van der Waals surface area contributed by atoms with Gasteiger partial charge in [0.1, 0.15) is 6.10 Å². The lowest BCUT2D eigenvalue weighted by molar-refractivity contribution is 0.339. The van der Waals surface area contributed by atoms with Gasteiger partial charge in [-0.2, -0.15) is 0 Å². The van der Waals surface area contributed by atoms with Crippen molar-refractivity contribution in [1.29, 1.82) is 0 Å². The zero-order valence-electron chi connectivity index (χ0n) is 5.94. The van der Waals surface area contributed by atoms with Crippen LogP contribution in [0.1, 0.15) is 12.5 Å². The number of aliphatic hydroxyl groups is 1. The quantitative estimate of drug-likeness (QED) is 0.662. The molecule has 0 aliphatic heterocycles. The predicted molar refractivity (Wildman–Crippen MR) is 36.3 cm³/mol. The molecular formula is C8H7F2O. The van der Waals surface area contributed by atoms with Crippen LogP contribution in [0.25, 0.3) is 0 Å². The van der Waals surface area contributed by atoms with Gasteiger partial charge in [-0.1, -0.05) is 6.07 Å². The third-order valence-electron chi connectivity index (χ3n) is 1.34. The lowest BCUT2D eigenvalue weighted by atomic mass is 10.1. The predicted octanol–water partition coefficient (Wildman–Crippen LogP) is 2.24. The van der Waals surface area contributed by atoms with E-state index in [1.807, 2.05) is 0 Å². The fraction of sp³-hybridized carbons (Fsp3) is 0.125. The summed E-state index contributed by atoms with van der Waals surface area (Å²) in [5.74, 6) is -1.86. The van der Waals surface area contributed by atoms with Crippen LogP contribution in [0, 0.1) is 17.7 Å². The van der Waals surface area contributed by atoms with Gasteiger partial charge in [0, 0.05) is 0 Å². The molecule has 0 saturated heterocycles. The summed E-state index contributed by atoms with van der Waals surface area (Å²) in [5.41, 5.74) is 0.295. The Morgan fingerprint density at radius 1 is 1.27 bits per heavy atom. The minimum Gasteiger partial charge on any atom is -0.382 e. The second-order valence-electron chi connectivity index (χ2n) is 2.21. The molecule has 0 bridgehead atoms. The van der Waals surface area contributed by atoms with Crippen LogP contribution < -0.4 is 0 Å². The summed E-state index contributed by atoms with van der Waals surface area (Å²) < 4.78 is 24.7. The third kappa shape index (κ3) is 1.74. The largest absolute Gasteiger partial charge is 0.382 e. The summed E-state index contributed by atoms with van der Waals surface area (Å²) in [6, 6.07) is 3.24. The van der Waals surface area contributed by atoms with Gasteiger partial charge >= 0.3 is 0 Å². The van der Waals surface area contributed by atoms with Crippen molar-refractivity contribution in [3.8, 4) is 0 Å². The first kappa shape index (κ1) is 8.14. The van der Waals surface area contributed by atoms with Crippen molar-refractivity contribution in [1.82, 2.24) is 0 Å². The van der Waals surface area contributed by atoms with Crippen molar-refractivity contribution >= 4 is 0 Å². The van der Waals surface area contributed by atoms with Crippen molar-refractivity contribution in [2.24, 2.45) is 0 Å². The molecule has 0 aliphatic rings. The van der Waals surface area contributed by atoms with Gasteiger partial charge in [-0.25, -0.2) is 8.78 Å². The van der Waals surface area contributed by atoms with Gasteiger partial charge in [0.15, 0.2) is 11.6 Å². The van der Waals surface area contributed by atoms with Gasteiger partial charge < -0.3 is 5.11 Å². The van der Waals surface area contributed by atoms with E-state index in [4.69, 9.17) is 5.11 Å².